The van der Waals surface area contributed by atoms with E-state index in [4.69, 9.17) is 27.3 Å². The quantitative estimate of drug-likeness (QED) is 0.656. The predicted octanol–water partition coefficient (Wildman–Crippen LogP) is 5.03. The lowest BCUT2D eigenvalue weighted by molar-refractivity contribution is -0.303. The van der Waals surface area contributed by atoms with E-state index in [1.807, 2.05) is 35.2 Å². The van der Waals surface area contributed by atoms with Crippen molar-refractivity contribution in [3.05, 3.63) is 77.3 Å². The molecule has 2 aromatic rings. The van der Waals surface area contributed by atoms with Gasteiger partial charge in [-0.1, -0.05) is 35.9 Å². The van der Waals surface area contributed by atoms with Crippen LogP contribution in [0.15, 0.2) is 76.7 Å². The molecule has 5 rings (SSSR count). The molecule has 3 heterocycles. The summed E-state index contributed by atoms with van der Waals surface area (Å²) in [5.74, 6) is 0.500. The third-order valence-corrected chi connectivity index (χ3v) is 6.35. The number of aliphatic imine (C=N–C) groups is 2. The topological polar surface area (TPSA) is 76.1 Å². The minimum absolute atomic E-state index is 0.241. The minimum Gasteiger partial charge on any atom is -0.406 e. The van der Waals surface area contributed by atoms with Gasteiger partial charge < -0.3 is 10.5 Å². The summed E-state index contributed by atoms with van der Waals surface area (Å²) in [4.78, 5) is 15.8. The van der Waals surface area contributed by atoms with Crippen LogP contribution in [-0.2, 0) is 10.3 Å². The highest BCUT2D eigenvalue weighted by molar-refractivity contribution is 6.30. The van der Waals surface area contributed by atoms with E-state index in [9.17, 15) is 13.2 Å². The number of aromatic nitrogens is 1. The highest BCUT2D eigenvalue weighted by Crippen LogP contribution is 2.46. The molecule has 1 aromatic carbocycles. The highest BCUT2D eigenvalue weighted by Gasteiger charge is 2.52. The number of amidine groups is 1. The summed E-state index contributed by atoms with van der Waals surface area (Å²) in [6.07, 6.45) is 4.12. The van der Waals surface area contributed by atoms with Gasteiger partial charge in [0.2, 0.25) is 0 Å². The Morgan fingerprint density at radius 1 is 1.18 bits per heavy atom. The second-order valence-electron chi connectivity index (χ2n) is 8.28. The Bertz CT molecular complexity index is 1240. The molecule has 2 aliphatic heterocycles. The van der Waals surface area contributed by atoms with Crippen LogP contribution in [-0.4, -0.2) is 41.1 Å². The zero-order valence-electron chi connectivity index (χ0n) is 18.0. The van der Waals surface area contributed by atoms with Crippen molar-refractivity contribution in [3.8, 4) is 11.1 Å². The molecule has 0 spiro atoms. The number of rotatable bonds is 4. The van der Waals surface area contributed by atoms with Crippen LogP contribution in [0.4, 0.5) is 13.2 Å². The van der Waals surface area contributed by atoms with E-state index in [1.165, 1.54) is 12.2 Å². The van der Waals surface area contributed by atoms with Crippen LogP contribution in [0.3, 0.4) is 0 Å². The van der Waals surface area contributed by atoms with Crippen LogP contribution in [0, 0.1) is 5.92 Å². The maximum absolute atomic E-state index is 12.7. The number of nitrogens with zero attached hydrogens (tertiary/aromatic N) is 4. The number of allylic oxidation sites excluding steroid dienone is 2. The van der Waals surface area contributed by atoms with Gasteiger partial charge in [0, 0.05) is 37.0 Å². The summed E-state index contributed by atoms with van der Waals surface area (Å²) in [6.45, 7) is 1.31. The number of nitrogens with two attached hydrogens (primary N) is 1. The monoisotopic (exact) mass is 487 g/mol. The molecule has 2 atom stereocenters. The Morgan fingerprint density at radius 2 is 2.03 bits per heavy atom. The van der Waals surface area contributed by atoms with Gasteiger partial charge in [-0.2, -0.15) is 0 Å². The molecule has 0 bridgehead atoms. The van der Waals surface area contributed by atoms with E-state index in [1.54, 1.807) is 18.5 Å². The van der Waals surface area contributed by atoms with Gasteiger partial charge in [-0.15, -0.1) is 13.2 Å². The molecule has 10 heteroatoms. The molecule has 0 radical (unpaired) electrons. The average molecular weight is 488 g/mol. The molecule has 176 valence electrons. The standard InChI is InChI=1S/C24H21ClF3N5O/c25-19-12-16(13-30-14-19)15-3-1-4-18(11-15)23(21-31-9-2-10-33(21)22(29)32-23)17-5-7-20(8-6-17)34-24(26,27)28/h1,3-5,7-8,11-14,17H,2,6,9-10H2,(H2,29,32)/t17-,23-/m1/s1. The maximum atomic E-state index is 12.7. The van der Waals surface area contributed by atoms with Crippen molar-refractivity contribution in [2.24, 2.45) is 21.6 Å². The normalized spacial score (nSPS) is 24.3. The van der Waals surface area contributed by atoms with Gasteiger partial charge in [-0.3, -0.25) is 14.9 Å². The second kappa shape index (κ2) is 8.47. The number of benzene rings is 1. The molecule has 2 N–H and O–H groups in total. The maximum Gasteiger partial charge on any atom is 0.573 e. The van der Waals surface area contributed by atoms with Gasteiger partial charge in [0.15, 0.2) is 11.5 Å². The third kappa shape index (κ3) is 4.04. The number of pyridine rings is 1. The van der Waals surface area contributed by atoms with Gasteiger partial charge in [-0.25, -0.2) is 4.99 Å². The SMILES string of the molecule is NC1=N[C@@](c2cccc(-c3cncc(Cl)c3)c2)([C@@H]2C=CC(OC(F)(F)F)=CC2)C2=NCCCN12. The van der Waals surface area contributed by atoms with Crippen LogP contribution in [0.1, 0.15) is 18.4 Å². The van der Waals surface area contributed by atoms with Gasteiger partial charge in [0.05, 0.1) is 5.02 Å². The molecule has 0 saturated carbocycles. The fourth-order valence-electron chi connectivity index (χ4n) is 4.73. The summed E-state index contributed by atoms with van der Waals surface area (Å²) in [5, 5.41) is 0.515. The van der Waals surface area contributed by atoms with E-state index in [0.717, 1.165) is 23.1 Å². The number of hydrogen-bond acceptors (Lipinski definition) is 6. The molecular weight excluding hydrogens is 467 g/mol. The fourth-order valence-corrected chi connectivity index (χ4v) is 4.90. The zero-order valence-corrected chi connectivity index (χ0v) is 18.7. The molecule has 0 fully saturated rings. The van der Waals surface area contributed by atoms with Gasteiger partial charge in [-0.05, 0) is 48.3 Å². The zero-order chi connectivity index (χ0) is 23.9. The summed E-state index contributed by atoms with van der Waals surface area (Å²) in [7, 11) is 0. The minimum atomic E-state index is -4.75. The average Bonchev–Trinajstić information content (AvgIpc) is 3.12. The first-order valence-electron chi connectivity index (χ1n) is 10.8. The lowest BCUT2D eigenvalue weighted by Gasteiger charge is -2.38. The van der Waals surface area contributed by atoms with Crippen molar-refractivity contribution >= 4 is 23.4 Å². The van der Waals surface area contributed by atoms with Crippen molar-refractivity contribution < 1.29 is 17.9 Å². The van der Waals surface area contributed by atoms with Crippen molar-refractivity contribution in [1.29, 1.82) is 0 Å². The smallest absolute Gasteiger partial charge is 0.406 e. The van der Waals surface area contributed by atoms with E-state index in [0.29, 0.717) is 29.9 Å². The second-order valence-corrected chi connectivity index (χ2v) is 8.71. The van der Waals surface area contributed by atoms with Crippen molar-refractivity contribution in [3.63, 3.8) is 0 Å². The molecule has 6 nitrogen and oxygen atoms in total. The van der Waals surface area contributed by atoms with Gasteiger partial charge >= 0.3 is 6.36 Å². The first kappa shape index (κ1) is 22.5. The van der Waals surface area contributed by atoms with Gasteiger partial charge in [0.1, 0.15) is 11.6 Å². The Hall–Kier alpha value is -3.33. The Balaban J connectivity index is 1.60. The van der Waals surface area contributed by atoms with E-state index in [-0.39, 0.29) is 18.1 Å². The van der Waals surface area contributed by atoms with E-state index < -0.39 is 11.9 Å². The summed E-state index contributed by atoms with van der Waals surface area (Å²) in [6, 6.07) is 9.60. The molecular formula is C24H21ClF3N5O. The number of hydrogen-bond donors (Lipinski definition) is 1. The van der Waals surface area contributed by atoms with Crippen LogP contribution >= 0.6 is 11.6 Å². The number of guanidine groups is 1. The van der Waals surface area contributed by atoms with Crippen molar-refractivity contribution in [2.75, 3.05) is 13.1 Å². The molecule has 0 unspecified atom stereocenters. The Labute approximate surface area is 199 Å². The van der Waals surface area contributed by atoms with Crippen molar-refractivity contribution in [2.45, 2.75) is 24.7 Å². The number of ether oxygens (including phenoxy) is 1. The number of alkyl halides is 3. The first-order valence-corrected chi connectivity index (χ1v) is 11.2. The highest BCUT2D eigenvalue weighted by atomic mass is 35.5. The van der Waals surface area contributed by atoms with Crippen LogP contribution in [0.25, 0.3) is 11.1 Å². The van der Waals surface area contributed by atoms with Crippen LogP contribution < -0.4 is 5.73 Å². The number of halogens is 4. The van der Waals surface area contributed by atoms with E-state index >= 15 is 0 Å². The van der Waals surface area contributed by atoms with Gasteiger partial charge in [0.25, 0.3) is 0 Å². The van der Waals surface area contributed by atoms with Crippen LogP contribution in [0.5, 0.6) is 0 Å². The molecule has 0 amide bonds. The number of fused-ring (bicyclic) bond motifs is 1. The van der Waals surface area contributed by atoms with E-state index in [2.05, 4.69) is 9.72 Å². The Morgan fingerprint density at radius 3 is 2.76 bits per heavy atom. The summed E-state index contributed by atoms with van der Waals surface area (Å²) < 4.78 is 42.2. The lowest BCUT2D eigenvalue weighted by Crippen LogP contribution is -2.48. The Kier molecular flexibility index (Phi) is 5.59. The summed E-state index contributed by atoms with van der Waals surface area (Å²) >= 11 is 6.15. The summed E-state index contributed by atoms with van der Waals surface area (Å²) in [5.41, 5.74) is 7.91. The van der Waals surface area contributed by atoms with Crippen molar-refractivity contribution in [1.82, 2.24) is 9.88 Å². The molecule has 1 aliphatic carbocycles. The lowest BCUT2D eigenvalue weighted by atomic mass is 9.73. The largest absolute Gasteiger partial charge is 0.573 e. The molecule has 1 aromatic heterocycles. The molecule has 3 aliphatic rings. The molecule has 34 heavy (non-hydrogen) atoms. The molecule has 0 saturated heterocycles. The predicted molar refractivity (Wildman–Crippen MR) is 124 cm³/mol. The van der Waals surface area contributed by atoms with Crippen LogP contribution in [0.2, 0.25) is 5.02 Å². The third-order valence-electron chi connectivity index (χ3n) is 6.14. The fraction of sp³-hybridized carbons (Fsp3) is 0.292. The first-order chi connectivity index (χ1) is 16.3.